The van der Waals surface area contributed by atoms with Crippen molar-refractivity contribution in [3.05, 3.63) is 0 Å². The van der Waals surface area contributed by atoms with Crippen LogP contribution >= 0.6 is 15.6 Å². The van der Waals surface area contributed by atoms with Gasteiger partial charge in [0.25, 0.3) is 0 Å². The zero-order valence-corrected chi connectivity index (χ0v) is 65.3. The zero-order valence-electron chi connectivity index (χ0n) is 63.5. The third-order valence-corrected chi connectivity index (χ3v) is 20.0. The number of phosphoric acid groups is 2. The Bertz CT molecular complexity index is 1890. The van der Waals surface area contributed by atoms with Crippen LogP contribution in [-0.2, 0) is 65.4 Å². The summed E-state index contributed by atoms with van der Waals surface area (Å²) in [6.07, 6.45) is 55.3. The van der Waals surface area contributed by atoms with Crippen LogP contribution in [0.5, 0.6) is 0 Å². The topological polar surface area (TPSA) is 237 Å². The largest absolute Gasteiger partial charge is 0.472 e. The molecular weight excluding hydrogens is 1270 g/mol. The summed E-state index contributed by atoms with van der Waals surface area (Å²) in [5.74, 6) is 0.221. The molecule has 0 heterocycles. The minimum Gasteiger partial charge on any atom is -0.462 e. The SMILES string of the molecule is CCCCCCCCCCCCCCC(=O)OC[C@H](COP(=O)(O)OC[C@H](O)COP(=O)(O)OC[C@@H](COC(=O)CCCCCCCCCCCCCCC(C)C)OC(=O)CCCCCCCCCCCCCCCC(C)C)OC(=O)CCCCCCCCCCCCCC(C)C. The van der Waals surface area contributed by atoms with E-state index in [1.807, 2.05) is 0 Å². The fraction of sp³-hybridized carbons (Fsp3) is 0.949. The van der Waals surface area contributed by atoms with E-state index in [0.29, 0.717) is 25.7 Å². The van der Waals surface area contributed by atoms with Crippen LogP contribution in [0.15, 0.2) is 0 Å². The molecule has 0 bridgehead atoms. The number of hydrogen-bond donors (Lipinski definition) is 3. The Kier molecular flexibility index (Phi) is 67.1. The second-order valence-corrected chi connectivity index (χ2v) is 32.4. The number of unbranched alkanes of at least 4 members (excludes halogenated alkanes) is 44. The quantitative estimate of drug-likeness (QED) is 0.0222. The summed E-state index contributed by atoms with van der Waals surface area (Å²) >= 11 is 0. The molecule has 0 spiro atoms. The van der Waals surface area contributed by atoms with E-state index in [0.717, 1.165) is 108 Å². The van der Waals surface area contributed by atoms with Crippen LogP contribution in [0.2, 0.25) is 0 Å². The van der Waals surface area contributed by atoms with Crippen LogP contribution in [0, 0.1) is 17.8 Å². The van der Waals surface area contributed by atoms with Gasteiger partial charge >= 0.3 is 39.5 Å². The number of phosphoric ester groups is 2. The summed E-state index contributed by atoms with van der Waals surface area (Å²) in [7, 11) is -9.92. The number of rotatable bonds is 76. The third kappa shape index (κ3) is 72.2. The molecular formula is C78H152O17P2. The van der Waals surface area contributed by atoms with Gasteiger partial charge in [0.2, 0.25) is 0 Å². The molecule has 0 saturated heterocycles. The van der Waals surface area contributed by atoms with Gasteiger partial charge in [-0.15, -0.1) is 0 Å². The van der Waals surface area contributed by atoms with Crippen molar-refractivity contribution in [3.8, 4) is 0 Å². The maximum absolute atomic E-state index is 13.1. The van der Waals surface area contributed by atoms with Crippen LogP contribution < -0.4 is 0 Å². The molecule has 5 atom stereocenters. The van der Waals surface area contributed by atoms with E-state index in [2.05, 4.69) is 48.5 Å². The van der Waals surface area contributed by atoms with Crippen LogP contribution in [0.25, 0.3) is 0 Å². The molecule has 17 nitrogen and oxygen atoms in total. The van der Waals surface area contributed by atoms with Crippen LogP contribution in [0.4, 0.5) is 0 Å². The minimum absolute atomic E-state index is 0.107. The van der Waals surface area contributed by atoms with Crippen LogP contribution in [-0.4, -0.2) is 96.7 Å². The maximum Gasteiger partial charge on any atom is 0.472 e. The highest BCUT2D eigenvalue weighted by atomic mass is 31.2. The normalized spacial score (nSPS) is 14.0. The van der Waals surface area contributed by atoms with Gasteiger partial charge in [-0.2, -0.15) is 0 Å². The molecule has 19 heteroatoms. The molecule has 0 aromatic heterocycles. The van der Waals surface area contributed by atoms with E-state index >= 15 is 0 Å². The Labute approximate surface area is 594 Å². The second kappa shape index (κ2) is 68.5. The smallest absolute Gasteiger partial charge is 0.462 e. The van der Waals surface area contributed by atoms with Gasteiger partial charge in [-0.05, 0) is 43.4 Å². The molecule has 0 radical (unpaired) electrons. The van der Waals surface area contributed by atoms with E-state index in [4.69, 9.17) is 37.0 Å². The molecule has 0 fully saturated rings. The zero-order chi connectivity index (χ0) is 71.6. The first-order valence-electron chi connectivity index (χ1n) is 40.3. The lowest BCUT2D eigenvalue weighted by molar-refractivity contribution is -0.161. The van der Waals surface area contributed by atoms with Gasteiger partial charge in [0.15, 0.2) is 12.2 Å². The number of aliphatic hydroxyl groups is 1. The van der Waals surface area contributed by atoms with Crippen molar-refractivity contribution in [2.24, 2.45) is 17.8 Å². The van der Waals surface area contributed by atoms with Crippen molar-refractivity contribution in [1.29, 1.82) is 0 Å². The van der Waals surface area contributed by atoms with Gasteiger partial charge in [0.1, 0.15) is 19.3 Å². The summed E-state index contributed by atoms with van der Waals surface area (Å²) in [4.78, 5) is 72.9. The maximum atomic E-state index is 13.1. The molecule has 0 aliphatic heterocycles. The van der Waals surface area contributed by atoms with Gasteiger partial charge < -0.3 is 33.8 Å². The molecule has 0 amide bonds. The van der Waals surface area contributed by atoms with E-state index in [9.17, 15) is 43.2 Å². The number of hydrogen-bond acceptors (Lipinski definition) is 15. The van der Waals surface area contributed by atoms with Crippen molar-refractivity contribution in [2.45, 2.75) is 420 Å². The average Bonchev–Trinajstić information content (AvgIpc) is 1.46. The molecule has 0 aliphatic carbocycles. The number of esters is 4. The van der Waals surface area contributed by atoms with Crippen molar-refractivity contribution >= 4 is 39.5 Å². The first-order chi connectivity index (χ1) is 46.7. The summed E-state index contributed by atoms with van der Waals surface area (Å²) in [5, 5.41) is 10.6. The number of ether oxygens (including phenoxy) is 4. The first-order valence-corrected chi connectivity index (χ1v) is 43.3. The van der Waals surface area contributed by atoms with Gasteiger partial charge in [0, 0.05) is 25.7 Å². The van der Waals surface area contributed by atoms with Gasteiger partial charge in [-0.25, -0.2) is 9.13 Å². The highest BCUT2D eigenvalue weighted by Crippen LogP contribution is 2.45. The van der Waals surface area contributed by atoms with Crippen LogP contribution in [0.1, 0.15) is 402 Å². The van der Waals surface area contributed by atoms with Gasteiger partial charge in [-0.3, -0.25) is 37.3 Å². The minimum atomic E-state index is -4.96. The number of carbonyl (C=O) groups is 4. The summed E-state index contributed by atoms with van der Waals surface area (Å²) in [5.41, 5.74) is 0. The molecule has 0 aromatic carbocycles. The molecule has 97 heavy (non-hydrogen) atoms. The van der Waals surface area contributed by atoms with Crippen molar-refractivity contribution < 1.29 is 80.2 Å². The predicted molar refractivity (Wildman–Crippen MR) is 395 cm³/mol. The highest BCUT2D eigenvalue weighted by Gasteiger charge is 2.30. The fourth-order valence-corrected chi connectivity index (χ4v) is 13.5. The highest BCUT2D eigenvalue weighted by molar-refractivity contribution is 7.47. The van der Waals surface area contributed by atoms with Crippen molar-refractivity contribution in [1.82, 2.24) is 0 Å². The van der Waals surface area contributed by atoms with E-state index in [-0.39, 0.29) is 25.7 Å². The summed E-state index contributed by atoms with van der Waals surface area (Å²) in [6.45, 7) is 12.0. The lowest BCUT2D eigenvalue weighted by Crippen LogP contribution is -2.30. The van der Waals surface area contributed by atoms with Gasteiger partial charge in [-0.1, -0.05) is 350 Å². The Hall–Kier alpha value is -1.94. The van der Waals surface area contributed by atoms with Gasteiger partial charge in [0.05, 0.1) is 26.4 Å². The molecule has 0 aromatic rings. The van der Waals surface area contributed by atoms with E-state index in [1.54, 1.807) is 0 Å². The summed E-state index contributed by atoms with van der Waals surface area (Å²) in [6, 6.07) is 0. The number of carbonyl (C=O) groups excluding carboxylic acids is 4. The molecule has 0 aliphatic rings. The monoisotopic (exact) mass is 1420 g/mol. The van der Waals surface area contributed by atoms with E-state index < -0.39 is 97.5 Å². The molecule has 0 rings (SSSR count). The molecule has 0 saturated carbocycles. The second-order valence-electron chi connectivity index (χ2n) is 29.5. The Balaban J connectivity index is 5.27. The average molecular weight is 1420 g/mol. The lowest BCUT2D eigenvalue weighted by Gasteiger charge is -2.21. The molecule has 3 N–H and O–H groups in total. The fourth-order valence-electron chi connectivity index (χ4n) is 12.0. The predicted octanol–water partition coefficient (Wildman–Crippen LogP) is 23.0. The standard InChI is InChI=1S/C78H152O17P2/c1-8-9-10-11-12-13-14-24-31-38-45-52-59-75(80)88-65-74(95-78(83)62-55-48-41-34-27-20-23-30-37-44-51-58-71(6)7)68-93-97(86,87)91-64-72(79)63-90-96(84,85)92-67-73(66-89-76(81)60-53-46-39-32-25-19-18-22-29-36-43-50-57-70(4)5)94-77(82)61-54-47-40-33-26-17-15-16-21-28-35-42-49-56-69(2)3/h69-74,79H,8-68H2,1-7H3,(H,84,85)(H,86,87)/t72-,73-,74-/m1/s1. The molecule has 2 unspecified atom stereocenters. The third-order valence-electron chi connectivity index (χ3n) is 18.1. The molecule has 576 valence electrons. The first kappa shape index (κ1) is 95.1. The summed E-state index contributed by atoms with van der Waals surface area (Å²) < 4.78 is 68.6. The lowest BCUT2D eigenvalue weighted by atomic mass is 10.0. The Morgan fingerprint density at radius 1 is 0.278 bits per heavy atom. The number of aliphatic hydroxyl groups excluding tert-OH is 1. The Morgan fingerprint density at radius 2 is 0.474 bits per heavy atom. The van der Waals surface area contributed by atoms with Crippen molar-refractivity contribution in [3.63, 3.8) is 0 Å². The Morgan fingerprint density at radius 3 is 0.701 bits per heavy atom. The van der Waals surface area contributed by atoms with E-state index in [1.165, 1.54) is 212 Å². The van der Waals surface area contributed by atoms with Crippen molar-refractivity contribution in [2.75, 3.05) is 39.6 Å². The van der Waals surface area contributed by atoms with Crippen LogP contribution in [0.3, 0.4) is 0 Å².